The number of carbonyl (C=O) groups is 2. The number of β-amino-alcohol motifs (C(OH)–C–C–N with tert-alkyl or cyclic N) is 1. The molecular weight excluding hydrogens is 230 g/mol. The van der Waals surface area contributed by atoms with Crippen LogP contribution in [0.4, 0.5) is 9.59 Å². The van der Waals surface area contributed by atoms with Gasteiger partial charge in [0, 0.05) is 6.42 Å². The van der Waals surface area contributed by atoms with Gasteiger partial charge in [-0.15, -0.1) is 0 Å². The highest BCUT2D eigenvalue weighted by molar-refractivity contribution is 5.74. The normalized spacial score (nSPS) is 23.9. The molecule has 1 N–H and O–H groups in total. The van der Waals surface area contributed by atoms with Crippen molar-refractivity contribution < 1.29 is 24.2 Å². The Kier molecular flexibility index (Phi) is 3.75. The minimum Gasteiger partial charge on any atom is -0.452 e. The standard InChI is InChI=1S/C9H13N3O5/c1-16-7(13)11-4-3-9(15,5-10)6-12(11)8(14)17-2/h15H,3-4,6H2,1-2H3. The van der Waals surface area contributed by atoms with Crippen LogP contribution >= 0.6 is 0 Å². The number of nitrogens with zero attached hydrogens (tertiary/aromatic N) is 3. The molecule has 0 radical (unpaired) electrons. The van der Waals surface area contributed by atoms with E-state index in [1.165, 1.54) is 7.11 Å². The van der Waals surface area contributed by atoms with Crippen LogP contribution in [-0.2, 0) is 9.47 Å². The molecule has 17 heavy (non-hydrogen) atoms. The Morgan fingerprint density at radius 2 is 1.82 bits per heavy atom. The van der Waals surface area contributed by atoms with Crippen LogP contribution in [0, 0.1) is 11.3 Å². The predicted octanol–water partition coefficient (Wildman–Crippen LogP) is -0.303. The molecule has 8 heteroatoms. The summed E-state index contributed by atoms with van der Waals surface area (Å²) in [5.74, 6) is 0. The van der Waals surface area contributed by atoms with Gasteiger partial charge in [-0.2, -0.15) is 5.26 Å². The SMILES string of the molecule is COC(=O)N1CCC(O)(C#N)CN1C(=O)OC. The van der Waals surface area contributed by atoms with Crippen LogP contribution in [0.1, 0.15) is 6.42 Å². The molecule has 0 aromatic rings. The number of hydrogen-bond acceptors (Lipinski definition) is 6. The number of hydrogen-bond donors (Lipinski definition) is 1. The molecule has 1 aliphatic rings. The van der Waals surface area contributed by atoms with Crippen molar-refractivity contribution in [3.8, 4) is 6.07 Å². The predicted molar refractivity (Wildman–Crippen MR) is 53.4 cm³/mol. The molecule has 1 fully saturated rings. The summed E-state index contributed by atoms with van der Waals surface area (Å²) >= 11 is 0. The largest absolute Gasteiger partial charge is 0.452 e. The molecule has 2 amide bonds. The number of aliphatic hydroxyl groups is 1. The molecule has 1 atom stereocenters. The van der Waals surface area contributed by atoms with Crippen molar-refractivity contribution in [1.82, 2.24) is 10.0 Å². The van der Waals surface area contributed by atoms with Crippen LogP contribution in [0.5, 0.6) is 0 Å². The van der Waals surface area contributed by atoms with E-state index in [0.29, 0.717) is 0 Å². The first-order valence-electron chi connectivity index (χ1n) is 4.82. The third kappa shape index (κ3) is 2.57. The highest BCUT2D eigenvalue weighted by atomic mass is 16.6. The van der Waals surface area contributed by atoms with E-state index in [4.69, 9.17) is 5.26 Å². The summed E-state index contributed by atoms with van der Waals surface area (Å²) in [7, 11) is 2.31. The van der Waals surface area contributed by atoms with E-state index in [2.05, 4.69) is 9.47 Å². The minimum absolute atomic E-state index is 0.00810. The van der Waals surface area contributed by atoms with E-state index >= 15 is 0 Å². The zero-order chi connectivity index (χ0) is 13.1. The van der Waals surface area contributed by atoms with Crippen molar-refractivity contribution in [2.24, 2.45) is 0 Å². The lowest BCUT2D eigenvalue weighted by Crippen LogP contribution is -2.61. The fourth-order valence-corrected chi connectivity index (χ4v) is 1.48. The minimum atomic E-state index is -1.68. The number of ether oxygens (including phenoxy) is 2. The molecule has 0 aromatic carbocycles. The summed E-state index contributed by atoms with van der Waals surface area (Å²) < 4.78 is 8.96. The summed E-state index contributed by atoms with van der Waals surface area (Å²) in [6.07, 6.45) is -1.56. The van der Waals surface area contributed by atoms with E-state index in [-0.39, 0.29) is 19.5 Å². The van der Waals surface area contributed by atoms with Crippen LogP contribution in [0.2, 0.25) is 0 Å². The Hall–Kier alpha value is -2.01. The monoisotopic (exact) mass is 243 g/mol. The lowest BCUT2D eigenvalue weighted by molar-refractivity contribution is -0.0882. The van der Waals surface area contributed by atoms with Gasteiger partial charge in [0.25, 0.3) is 0 Å². The van der Waals surface area contributed by atoms with Crippen LogP contribution in [0.3, 0.4) is 0 Å². The number of methoxy groups -OCH3 is 2. The van der Waals surface area contributed by atoms with Gasteiger partial charge in [0.2, 0.25) is 0 Å². The Labute approximate surface area is 97.9 Å². The van der Waals surface area contributed by atoms with Gasteiger partial charge in [-0.25, -0.2) is 19.6 Å². The van der Waals surface area contributed by atoms with Gasteiger partial charge < -0.3 is 14.6 Å². The maximum Gasteiger partial charge on any atom is 0.428 e. The number of amides is 2. The Morgan fingerprint density at radius 3 is 2.29 bits per heavy atom. The second kappa shape index (κ2) is 4.88. The zero-order valence-electron chi connectivity index (χ0n) is 9.54. The zero-order valence-corrected chi connectivity index (χ0v) is 9.54. The van der Waals surface area contributed by atoms with Gasteiger partial charge in [0.05, 0.1) is 33.4 Å². The highest BCUT2D eigenvalue weighted by Crippen LogP contribution is 2.21. The Morgan fingerprint density at radius 1 is 1.29 bits per heavy atom. The molecule has 0 bridgehead atoms. The summed E-state index contributed by atoms with van der Waals surface area (Å²) in [5, 5.41) is 20.4. The summed E-state index contributed by atoms with van der Waals surface area (Å²) in [5.41, 5.74) is -1.68. The molecule has 94 valence electrons. The second-order valence-corrected chi connectivity index (χ2v) is 3.51. The second-order valence-electron chi connectivity index (χ2n) is 3.51. The molecule has 1 unspecified atom stereocenters. The maximum atomic E-state index is 11.4. The highest BCUT2D eigenvalue weighted by Gasteiger charge is 2.42. The summed E-state index contributed by atoms with van der Waals surface area (Å²) in [4.78, 5) is 22.8. The van der Waals surface area contributed by atoms with Gasteiger partial charge in [0.1, 0.15) is 0 Å². The molecule has 0 aromatic heterocycles. The topological polar surface area (TPSA) is 103 Å². The van der Waals surface area contributed by atoms with E-state index in [0.717, 1.165) is 17.1 Å². The van der Waals surface area contributed by atoms with Crippen molar-refractivity contribution in [3.05, 3.63) is 0 Å². The van der Waals surface area contributed by atoms with Crippen molar-refractivity contribution in [2.75, 3.05) is 27.3 Å². The molecular formula is C9H13N3O5. The maximum absolute atomic E-state index is 11.4. The van der Waals surface area contributed by atoms with Crippen LogP contribution < -0.4 is 0 Å². The van der Waals surface area contributed by atoms with Crippen molar-refractivity contribution in [2.45, 2.75) is 12.0 Å². The first-order valence-corrected chi connectivity index (χ1v) is 4.82. The lowest BCUT2D eigenvalue weighted by atomic mass is 9.99. The third-order valence-corrected chi connectivity index (χ3v) is 2.42. The van der Waals surface area contributed by atoms with E-state index < -0.39 is 17.8 Å². The molecule has 1 heterocycles. The molecule has 8 nitrogen and oxygen atoms in total. The molecule has 0 aliphatic carbocycles. The number of rotatable bonds is 0. The average molecular weight is 243 g/mol. The molecule has 0 saturated carbocycles. The molecule has 0 spiro atoms. The van der Waals surface area contributed by atoms with Gasteiger partial charge in [-0.05, 0) is 0 Å². The number of nitriles is 1. The van der Waals surface area contributed by atoms with Crippen LogP contribution in [0.25, 0.3) is 0 Å². The number of carbonyl (C=O) groups excluding carboxylic acids is 2. The summed E-state index contributed by atoms with van der Waals surface area (Å²) in [6, 6.07) is 1.69. The smallest absolute Gasteiger partial charge is 0.428 e. The van der Waals surface area contributed by atoms with E-state index in [9.17, 15) is 14.7 Å². The quantitative estimate of drug-likeness (QED) is 0.586. The fourth-order valence-electron chi connectivity index (χ4n) is 1.48. The van der Waals surface area contributed by atoms with Gasteiger partial charge in [-0.1, -0.05) is 0 Å². The molecule has 1 rings (SSSR count). The Balaban J connectivity index is 2.92. The first kappa shape index (κ1) is 13.1. The number of hydrazine groups is 1. The van der Waals surface area contributed by atoms with Crippen molar-refractivity contribution in [1.29, 1.82) is 5.26 Å². The van der Waals surface area contributed by atoms with E-state index in [1.54, 1.807) is 6.07 Å². The van der Waals surface area contributed by atoms with Gasteiger partial charge in [0.15, 0.2) is 5.60 Å². The Bertz CT molecular complexity index is 366. The lowest BCUT2D eigenvalue weighted by Gasteiger charge is -2.40. The molecule has 1 saturated heterocycles. The third-order valence-electron chi connectivity index (χ3n) is 2.42. The average Bonchev–Trinajstić information content (AvgIpc) is 2.36. The summed E-state index contributed by atoms with van der Waals surface area (Å²) in [6.45, 7) is -0.350. The fraction of sp³-hybridized carbons (Fsp3) is 0.667. The van der Waals surface area contributed by atoms with Gasteiger partial charge in [-0.3, -0.25) is 0 Å². The van der Waals surface area contributed by atoms with Crippen LogP contribution in [-0.4, -0.2) is 60.2 Å². The van der Waals surface area contributed by atoms with Crippen molar-refractivity contribution >= 4 is 12.2 Å². The van der Waals surface area contributed by atoms with E-state index in [1.807, 2.05) is 0 Å². The van der Waals surface area contributed by atoms with Gasteiger partial charge >= 0.3 is 12.2 Å². The van der Waals surface area contributed by atoms with Crippen LogP contribution in [0.15, 0.2) is 0 Å². The first-order chi connectivity index (χ1) is 7.97. The van der Waals surface area contributed by atoms with Crippen molar-refractivity contribution in [3.63, 3.8) is 0 Å². The molecule has 1 aliphatic heterocycles.